The van der Waals surface area contributed by atoms with E-state index in [4.69, 9.17) is 16.0 Å². The lowest BCUT2D eigenvalue weighted by Gasteiger charge is -1.98. The molecule has 0 amide bonds. The molecule has 0 unspecified atom stereocenters. The average Bonchev–Trinajstić information content (AvgIpc) is 2.87. The predicted octanol–water partition coefficient (Wildman–Crippen LogP) is 4.60. The van der Waals surface area contributed by atoms with Gasteiger partial charge in [-0.05, 0) is 42.5 Å². The van der Waals surface area contributed by atoms with Gasteiger partial charge in [0.15, 0.2) is 11.4 Å². The maximum absolute atomic E-state index is 12.8. The van der Waals surface area contributed by atoms with Crippen molar-refractivity contribution in [3.05, 3.63) is 58.9 Å². The summed E-state index contributed by atoms with van der Waals surface area (Å²) in [6, 6.07) is 10.6. The molecule has 3 aromatic rings. The molecule has 106 valence electrons. The van der Waals surface area contributed by atoms with Gasteiger partial charge in [-0.3, -0.25) is 4.79 Å². The number of aromatic nitrogens is 1. The lowest BCUT2D eigenvalue weighted by atomic mass is 10.1. The molecule has 0 bridgehead atoms. The summed E-state index contributed by atoms with van der Waals surface area (Å²) in [5.74, 6) is -0.304. The normalized spacial score (nSPS) is 11.0. The highest BCUT2D eigenvalue weighted by atomic mass is 35.5. The van der Waals surface area contributed by atoms with Crippen molar-refractivity contribution in [3.8, 4) is 0 Å². The minimum Gasteiger partial charge on any atom is -0.431 e. The lowest BCUT2D eigenvalue weighted by molar-refractivity contribution is 0.102. The summed E-state index contributed by atoms with van der Waals surface area (Å²) >= 11 is 7.07. The van der Waals surface area contributed by atoms with E-state index >= 15 is 0 Å². The van der Waals surface area contributed by atoms with E-state index in [0.29, 0.717) is 26.9 Å². The molecule has 0 saturated carbocycles. The van der Waals surface area contributed by atoms with E-state index < -0.39 is 0 Å². The predicted molar refractivity (Wildman–Crippen MR) is 80.5 cm³/mol. The molecule has 0 aliphatic carbocycles. The first-order chi connectivity index (χ1) is 10.1. The van der Waals surface area contributed by atoms with E-state index in [0.717, 1.165) is 0 Å². The van der Waals surface area contributed by atoms with Crippen LogP contribution in [0.15, 0.2) is 52.1 Å². The largest absolute Gasteiger partial charge is 0.431 e. The van der Waals surface area contributed by atoms with Crippen LogP contribution in [0.1, 0.15) is 10.4 Å². The Morgan fingerprint density at radius 3 is 2.76 bits per heavy atom. The molecular formula is C15H9ClFNO2S. The molecule has 2 aromatic carbocycles. The fraction of sp³-hybridized carbons (Fsp3) is 0.0667. The highest BCUT2D eigenvalue weighted by Gasteiger charge is 2.11. The molecule has 21 heavy (non-hydrogen) atoms. The quantitative estimate of drug-likeness (QED) is 0.520. The first-order valence-electron chi connectivity index (χ1n) is 6.09. The van der Waals surface area contributed by atoms with Crippen LogP contribution in [0.25, 0.3) is 11.1 Å². The number of halogens is 2. The van der Waals surface area contributed by atoms with Crippen LogP contribution < -0.4 is 0 Å². The standard InChI is InChI=1S/C15H9ClFNO2S/c16-10-3-6-14-12(7-10)18-15(20-14)21-8-13(19)9-1-4-11(17)5-2-9/h1-7H,8H2. The van der Waals surface area contributed by atoms with Gasteiger partial charge >= 0.3 is 0 Å². The first kappa shape index (κ1) is 14.1. The van der Waals surface area contributed by atoms with Gasteiger partial charge in [-0.15, -0.1) is 0 Å². The van der Waals surface area contributed by atoms with Crippen LogP contribution >= 0.6 is 23.4 Å². The molecule has 0 radical (unpaired) electrons. The smallest absolute Gasteiger partial charge is 0.257 e. The van der Waals surface area contributed by atoms with Crippen LogP contribution in [0, 0.1) is 5.82 Å². The Morgan fingerprint density at radius 2 is 2.00 bits per heavy atom. The fourth-order valence-corrected chi connectivity index (χ4v) is 2.69. The minimum absolute atomic E-state index is 0.111. The summed E-state index contributed by atoms with van der Waals surface area (Å²) < 4.78 is 18.3. The number of fused-ring (bicyclic) bond motifs is 1. The number of Topliss-reactive ketones (excluding diaryl/α,β-unsaturated/α-hetero) is 1. The highest BCUT2D eigenvalue weighted by molar-refractivity contribution is 7.99. The number of rotatable bonds is 4. The van der Waals surface area contributed by atoms with E-state index in [9.17, 15) is 9.18 Å². The first-order valence-corrected chi connectivity index (χ1v) is 7.46. The molecule has 1 heterocycles. The van der Waals surface area contributed by atoms with Crippen molar-refractivity contribution < 1.29 is 13.6 Å². The van der Waals surface area contributed by atoms with Crippen molar-refractivity contribution in [2.75, 3.05) is 5.75 Å². The van der Waals surface area contributed by atoms with Crippen molar-refractivity contribution in [1.82, 2.24) is 4.98 Å². The molecule has 0 fully saturated rings. The number of ketones is 1. The van der Waals surface area contributed by atoms with Gasteiger partial charge in [0, 0.05) is 10.6 Å². The van der Waals surface area contributed by atoms with Gasteiger partial charge in [0.05, 0.1) is 5.75 Å². The Balaban J connectivity index is 1.71. The Hall–Kier alpha value is -1.85. The number of carbonyl (C=O) groups is 1. The van der Waals surface area contributed by atoms with Crippen LogP contribution in [0.3, 0.4) is 0 Å². The van der Waals surface area contributed by atoms with Crippen molar-refractivity contribution in [2.45, 2.75) is 5.22 Å². The monoisotopic (exact) mass is 321 g/mol. The van der Waals surface area contributed by atoms with E-state index in [1.54, 1.807) is 18.2 Å². The van der Waals surface area contributed by atoms with Crippen LogP contribution in [0.5, 0.6) is 0 Å². The van der Waals surface area contributed by atoms with Gasteiger partial charge in [0.2, 0.25) is 0 Å². The summed E-state index contributed by atoms with van der Waals surface area (Å²) in [7, 11) is 0. The van der Waals surface area contributed by atoms with Crippen LogP contribution in [0.2, 0.25) is 5.02 Å². The molecule has 0 N–H and O–H groups in total. The average molecular weight is 322 g/mol. The van der Waals surface area contributed by atoms with Gasteiger partial charge in [-0.25, -0.2) is 9.37 Å². The number of carbonyl (C=O) groups excluding carboxylic acids is 1. The van der Waals surface area contributed by atoms with Gasteiger partial charge < -0.3 is 4.42 Å². The molecule has 0 atom stereocenters. The highest BCUT2D eigenvalue weighted by Crippen LogP contribution is 2.26. The molecule has 3 rings (SSSR count). The number of oxazole rings is 1. The molecule has 0 spiro atoms. The van der Waals surface area contributed by atoms with Crippen molar-refractivity contribution in [1.29, 1.82) is 0 Å². The summed E-state index contributed by atoms with van der Waals surface area (Å²) in [5, 5.41) is 0.984. The van der Waals surface area contributed by atoms with Gasteiger partial charge in [-0.2, -0.15) is 0 Å². The second kappa shape index (κ2) is 5.87. The molecule has 6 heteroatoms. The van der Waals surface area contributed by atoms with Crippen molar-refractivity contribution in [2.24, 2.45) is 0 Å². The number of thioether (sulfide) groups is 1. The van der Waals surface area contributed by atoms with E-state index in [2.05, 4.69) is 4.98 Å². The van der Waals surface area contributed by atoms with Gasteiger partial charge in [-0.1, -0.05) is 23.4 Å². The molecule has 1 aromatic heterocycles. The maximum Gasteiger partial charge on any atom is 0.257 e. The Kier molecular flexibility index (Phi) is 3.94. The zero-order chi connectivity index (χ0) is 14.8. The van der Waals surface area contributed by atoms with Gasteiger partial charge in [0.1, 0.15) is 11.3 Å². The number of hydrogen-bond donors (Lipinski definition) is 0. The zero-order valence-electron chi connectivity index (χ0n) is 10.7. The number of benzene rings is 2. The topological polar surface area (TPSA) is 43.1 Å². The Bertz CT molecular complexity index is 801. The van der Waals surface area contributed by atoms with Crippen LogP contribution in [-0.2, 0) is 0 Å². The molecule has 0 aliphatic heterocycles. The molecule has 0 aliphatic rings. The van der Waals surface area contributed by atoms with E-state index in [-0.39, 0.29) is 17.4 Å². The zero-order valence-corrected chi connectivity index (χ0v) is 12.2. The van der Waals surface area contributed by atoms with Crippen LogP contribution in [-0.4, -0.2) is 16.5 Å². The third-order valence-electron chi connectivity index (χ3n) is 2.82. The van der Waals surface area contributed by atoms with E-state index in [1.165, 1.54) is 36.0 Å². The van der Waals surface area contributed by atoms with Crippen molar-refractivity contribution >= 4 is 40.2 Å². The van der Waals surface area contributed by atoms with Gasteiger partial charge in [0.25, 0.3) is 5.22 Å². The Labute approximate surface area is 129 Å². The molecule has 3 nitrogen and oxygen atoms in total. The minimum atomic E-state index is -0.366. The lowest BCUT2D eigenvalue weighted by Crippen LogP contribution is -2.02. The maximum atomic E-state index is 12.8. The third-order valence-corrected chi connectivity index (χ3v) is 3.89. The number of nitrogens with zero attached hydrogens (tertiary/aromatic N) is 1. The summed E-state index contributed by atoms with van der Waals surface area (Å²) in [5.41, 5.74) is 1.73. The summed E-state index contributed by atoms with van der Waals surface area (Å²) in [6.07, 6.45) is 0. The second-order valence-electron chi connectivity index (χ2n) is 4.31. The Morgan fingerprint density at radius 1 is 1.24 bits per heavy atom. The molecule has 0 saturated heterocycles. The third kappa shape index (κ3) is 3.25. The summed E-state index contributed by atoms with van der Waals surface area (Å²) in [6.45, 7) is 0. The number of hydrogen-bond acceptors (Lipinski definition) is 4. The SMILES string of the molecule is O=C(CSc1nc2cc(Cl)ccc2o1)c1ccc(F)cc1. The fourth-order valence-electron chi connectivity index (χ4n) is 1.79. The second-order valence-corrected chi connectivity index (χ2v) is 5.67. The summed E-state index contributed by atoms with van der Waals surface area (Å²) in [4.78, 5) is 16.2. The van der Waals surface area contributed by atoms with Crippen LogP contribution in [0.4, 0.5) is 4.39 Å². The molecular weight excluding hydrogens is 313 g/mol. The van der Waals surface area contributed by atoms with E-state index in [1.807, 2.05) is 0 Å². The van der Waals surface area contributed by atoms with Crippen molar-refractivity contribution in [3.63, 3.8) is 0 Å².